The quantitative estimate of drug-likeness (QED) is 0.834. The molecule has 82 valence electrons. The van der Waals surface area contributed by atoms with Gasteiger partial charge in [-0.15, -0.1) is 0 Å². The number of halogens is 2. The van der Waals surface area contributed by atoms with Gasteiger partial charge in [-0.1, -0.05) is 18.2 Å². The fraction of sp³-hybridized carbons (Fsp3) is 0.455. The summed E-state index contributed by atoms with van der Waals surface area (Å²) in [5.41, 5.74) is 6.63. The summed E-state index contributed by atoms with van der Waals surface area (Å²) in [5.74, 6) is 0.624. The van der Waals surface area contributed by atoms with Gasteiger partial charge >= 0.3 is 6.61 Å². The molecule has 2 N–H and O–H groups in total. The van der Waals surface area contributed by atoms with Gasteiger partial charge in [-0.2, -0.15) is 8.78 Å². The Bertz CT molecular complexity index is 339. The number of nitrogens with two attached hydrogens (primary N) is 1. The highest BCUT2D eigenvalue weighted by Gasteiger charge is 2.31. The van der Waals surface area contributed by atoms with Crippen LogP contribution in [0.25, 0.3) is 0 Å². The molecule has 0 bridgehead atoms. The zero-order chi connectivity index (χ0) is 10.8. The third-order valence-corrected chi connectivity index (χ3v) is 2.62. The van der Waals surface area contributed by atoms with Crippen molar-refractivity contribution in [2.45, 2.75) is 25.5 Å². The van der Waals surface area contributed by atoms with E-state index in [1.54, 1.807) is 18.2 Å². The van der Waals surface area contributed by atoms with Crippen molar-refractivity contribution in [2.24, 2.45) is 11.7 Å². The minimum atomic E-state index is -2.79. The van der Waals surface area contributed by atoms with Gasteiger partial charge in [-0.05, 0) is 24.8 Å². The Balaban J connectivity index is 2.20. The van der Waals surface area contributed by atoms with Gasteiger partial charge < -0.3 is 10.5 Å². The first-order valence-corrected chi connectivity index (χ1v) is 4.98. The van der Waals surface area contributed by atoms with Crippen molar-refractivity contribution in [1.82, 2.24) is 0 Å². The van der Waals surface area contributed by atoms with Gasteiger partial charge in [-0.3, -0.25) is 0 Å². The first-order chi connectivity index (χ1) is 7.18. The van der Waals surface area contributed by atoms with Gasteiger partial charge in [0.1, 0.15) is 5.75 Å². The van der Waals surface area contributed by atoms with E-state index in [-0.39, 0.29) is 11.8 Å². The molecule has 1 saturated carbocycles. The molecule has 0 heterocycles. The summed E-state index contributed by atoms with van der Waals surface area (Å²) in [4.78, 5) is 0. The molecule has 1 fully saturated rings. The van der Waals surface area contributed by atoms with Crippen molar-refractivity contribution < 1.29 is 13.5 Å². The molecule has 1 atom stereocenters. The molecule has 1 aliphatic rings. The van der Waals surface area contributed by atoms with Crippen molar-refractivity contribution in [3.63, 3.8) is 0 Å². The molecular formula is C11H13F2NO. The summed E-state index contributed by atoms with van der Waals surface area (Å²) in [6, 6.07) is 6.56. The molecule has 0 amide bonds. The predicted octanol–water partition coefficient (Wildman–Crippen LogP) is 2.70. The average molecular weight is 213 g/mol. The smallest absolute Gasteiger partial charge is 0.387 e. The highest BCUT2D eigenvalue weighted by Crippen LogP contribution is 2.42. The Labute approximate surface area is 87.0 Å². The monoisotopic (exact) mass is 213 g/mol. The maximum Gasteiger partial charge on any atom is 0.387 e. The molecule has 1 aliphatic carbocycles. The summed E-state index contributed by atoms with van der Waals surface area (Å²) < 4.78 is 28.7. The number of ether oxygens (including phenoxy) is 1. The molecule has 0 aromatic heterocycles. The van der Waals surface area contributed by atoms with Crippen molar-refractivity contribution >= 4 is 0 Å². The molecule has 1 aromatic rings. The molecule has 0 aliphatic heterocycles. The van der Waals surface area contributed by atoms with Gasteiger partial charge in [0.05, 0.1) is 0 Å². The second kappa shape index (κ2) is 4.14. The Kier molecular flexibility index (Phi) is 2.86. The molecule has 15 heavy (non-hydrogen) atoms. The van der Waals surface area contributed by atoms with E-state index in [1.807, 2.05) is 0 Å². The van der Waals surface area contributed by atoms with Crippen LogP contribution >= 0.6 is 0 Å². The van der Waals surface area contributed by atoms with E-state index in [1.165, 1.54) is 6.07 Å². The van der Waals surface area contributed by atoms with E-state index in [9.17, 15) is 8.78 Å². The largest absolute Gasteiger partial charge is 0.434 e. The lowest BCUT2D eigenvalue weighted by Gasteiger charge is -2.15. The highest BCUT2D eigenvalue weighted by molar-refractivity contribution is 5.36. The molecule has 0 saturated heterocycles. The van der Waals surface area contributed by atoms with Gasteiger partial charge in [-0.25, -0.2) is 0 Å². The Morgan fingerprint density at radius 2 is 1.93 bits per heavy atom. The SMILES string of the molecule is NC(c1ccccc1OC(F)F)C1CC1. The van der Waals surface area contributed by atoms with Gasteiger partial charge in [0.15, 0.2) is 0 Å². The van der Waals surface area contributed by atoms with Gasteiger partial charge in [0.25, 0.3) is 0 Å². The van der Waals surface area contributed by atoms with E-state index in [0.29, 0.717) is 11.5 Å². The van der Waals surface area contributed by atoms with Crippen molar-refractivity contribution in [2.75, 3.05) is 0 Å². The first-order valence-electron chi connectivity index (χ1n) is 4.98. The molecule has 2 nitrogen and oxygen atoms in total. The van der Waals surface area contributed by atoms with Crippen LogP contribution in [0.3, 0.4) is 0 Å². The Morgan fingerprint density at radius 1 is 1.27 bits per heavy atom. The van der Waals surface area contributed by atoms with Crippen LogP contribution < -0.4 is 10.5 Å². The van der Waals surface area contributed by atoms with E-state index >= 15 is 0 Å². The summed E-state index contributed by atoms with van der Waals surface area (Å²) in [6.45, 7) is -2.79. The second-order valence-electron chi connectivity index (χ2n) is 3.78. The van der Waals surface area contributed by atoms with Crippen molar-refractivity contribution in [1.29, 1.82) is 0 Å². The number of benzene rings is 1. The van der Waals surface area contributed by atoms with Crippen LogP contribution in [-0.2, 0) is 0 Å². The normalized spacial score (nSPS) is 17.9. The fourth-order valence-corrected chi connectivity index (χ4v) is 1.67. The number of hydrogen-bond acceptors (Lipinski definition) is 2. The summed E-state index contributed by atoms with van der Waals surface area (Å²) >= 11 is 0. The molecular weight excluding hydrogens is 200 g/mol. The first kappa shape index (κ1) is 10.4. The minimum absolute atomic E-state index is 0.181. The predicted molar refractivity (Wildman–Crippen MR) is 52.7 cm³/mol. The second-order valence-corrected chi connectivity index (χ2v) is 3.78. The zero-order valence-electron chi connectivity index (χ0n) is 8.20. The van der Waals surface area contributed by atoms with Crippen LogP contribution in [0.15, 0.2) is 24.3 Å². The van der Waals surface area contributed by atoms with Crippen LogP contribution in [0.2, 0.25) is 0 Å². The lowest BCUT2D eigenvalue weighted by molar-refractivity contribution is -0.0506. The summed E-state index contributed by atoms with van der Waals surface area (Å²) in [5, 5.41) is 0. The Hall–Kier alpha value is -1.16. The number of hydrogen-bond donors (Lipinski definition) is 1. The molecule has 1 unspecified atom stereocenters. The maximum absolute atomic E-state index is 12.1. The zero-order valence-corrected chi connectivity index (χ0v) is 8.20. The number of para-hydroxylation sites is 1. The highest BCUT2D eigenvalue weighted by atomic mass is 19.3. The van der Waals surface area contributed by atoms with E-state index in [0.717, 1.165) is 12.8 Å². The third kappa shape index (κ3) is 2.45. The molecule has 1 aromatic carbocycles. The maximum atomic E-state index is 12.1. The van der Waals surface area contributed by atoms with E-state index in [2.05, 4.69) is 4.74 Å². The topological polar surface area (TPSA) is 35.2 Å². The number of rotatable bonds is 4. The lowest BCUT2D eigenvalue weighted by Crippen LogP contribution is -2.15. The van der Waals surface area contributed by atoms with Crippen LogP contribution in [0.4, 0.5) is 8.78 Å². The third-order valence-electron chi connectivity index (χ3n) is 2.62. The number of alkyl halides is 2. The van der Waals surface area contributed by atoms with Crippen LogP contribution in [0, 0.1) is 5.92 Å². The summed E-state index contributed by atoms with van der Waals surface area (Å²) in [7, 11) is 0. The van der Waals surface area contributed by atoms with Crippen LogP contribution in [0.5, 0.6) is 5.75 Å². The standard InChI is InChI=1S/C11H13F2NO/c12-11(13)15-9-4-2-1-3-8(9)10(14)7-5-6-7/h1-4,7,10-11H,5-6,14H2. The van der Waals surface area contributed by atoms with Crippen LogP contribution in [0.1, 0.15) is 24.4 Å². The fourth-order valence-electron chi connectivity index (χ4n) is 1.67. The van der Waals surface area contributed by atoms with E-state index in [4.69, 9.17) is 5.73 Å². The lowest BCUT2D eigenvalue weighted by atomic mass is 10.0. The molecule has 4 heteroatoms. The Morgan fingerprint density at radius 3 is 2.53 bits per heavy atom. The van der Waals surface area contributed by atoms with Gasteiger partial charge in [0, 0.05) is 11.6 Å². The van der Waals surface area contributed by atoms with Gasteiger partial charge in [0.2, 0.25) is 0 Å². The van der Waals surface area contributed by atoms with Crippen molar-refractivity contribution in [3.8, 4) is 5.75 Å². The molecule has 2 rings (SSSR count). The molecule has 0 spiro atoms. The van der Waals surface area contributed by atoms with E-state index < -0.39 is 6.61 Å². The van der Waals surface area contributed by atoms with Crippen LogP contribution in [-0.4, -0.2) is 6.61 Å². The molecule has 0 radical (unpaired) electrons. The van der Waals surface area contributed by atoms with Crippen molar-refractivity contribution in [3.05, 3.63) is 29.8 Å². The average Bonchev–Trinajstić information content (AvgIpc) is 3.00. The summed E-state index contributed by atoms with van der Waals surface area (Å²) in [6.07, 6.45) is 2.15. The minimum Gasteiger partial charge on any atom is -0.434 e.